The molecule has 1 aromatic rings. The van der Waals surface area contributed by atoms with E-state index in [1.54, 1.807) is 0 Å². The van der Waals surface area contributed by atoms with E-state index < -0.39 is 34.3 Å². The summed E-state index contributed by atoms with van der Waals surface area (Å²) in [5, 5.41) is 22.2. The van der Waals surface area contributed by atoms with E-state index in [0.717, 1.165) is 5.56 Å². The van der Waals surface area contributed by atoms with Crippen molar-refractivity contribution >= 4 is 0 Å². The maximum atomic E-state index is 11.5. The summed E-state index contributed by atoms with van der Waals surface area (Å²) in [6, 6.07) is 9.84. The molecule has 2 aliphatic carbocycles. The molecule has 4 fully saturated rings. The molecule has 2 heterocycles. The summed E-state index contributed by atoms with van der Waals surface area (Å²) >= 11 is 0. The van der Waals surface area contributed by atoms with Gasteiger partial charge in [0.15, 0.2) is 11.6 Å². The second kappa shape index (κ2) is 7.47. The summed E-state index contributed by atoms with van der Waals surface area (Å²) in [5.74, 6) is -1.92. The van der Waals surface area contributed by atoms with Gasteiger partial charge < -0.3 is 33.9 Å². The SMILES string of the molecule is CC1(C)O[C@H]2C[C@@]3(C)[C@@H](C[C@@]2(C)O1)[C@@](CO)(OCc1ccccc1)[C@H](O)CC31OCCO1. The number of benzene rings is 1. The van der Waals surface area contributed by atoms with Gasteiger partial charge in [-0.3, -0.25) is 0 Å². The summed E-state index contributed by atoms with van der Waals surface area (Å²) in [6.45, 7) is 9.02. The third-order valence-electron chi connectivity index (χ3n) is 8.41. The van der Waals surface area contributed by atoms with Crippen molar-refractivity contribution in [1.82, 2.24) is 0 Å². The average Bonchev–Trinajstić information content (AvgIpc) is 3.30. The highest BCUT2D eigenvalue weighted by molar-refractivity contribution is 5.21. The monoisotopic (exact) mass is 448 g/mol. The molecule has 1 spiro atoms. The molecule has 5 rings (SSSR count). The Morgan fingerprint density at radius 1 is 1.00 bits per heavy atom. The first kappa shape index (κ1) is 22.7. The first-order valence-corrected chi connectivity index (χ1v) is 11.7. The number of ether oxygens (including phenoxy) is 5. The van der Waals surface area contributed by atoms with Crippen molar-refractivity contribution in [1.29, 1.82) is 0 Å². The molecule has 4 aliphatic rings. The van der Waals surface area contributed by atoms with Crippen molar-refractivity contribution in [3.63, 3.8) is 0 Å². The first-order valence-electron chi connectivity index (χ1n) is 11.7. The van der Waals surface area contributed by atoms with Crippen LogP contribution in [0.25, 0.3) is 0 Å². The highest BCUT2D eigenvalue weighted by Gasteiger charge is 2.74. The Balaban J connectivity index is 1.56. The number of aliphatic hydroxyl groups excluding tert-OH is 2. The van der Waals surface area contributed by atoms with Gasteiger partial charge in [0.25, 0.3) is 0 Å². The number of aliphatic hydroxyl groups is 2. The predicted octanol–water partition coefficient (Wildman–Crippen LogP) is 2.77. The normalized spacial score (nSPS) is 44.4. The quantitative estimate of drug-likeness (QED) is 0.732. The van der Waals surface area contributed by atoms with Gasteiger partial charge in [0.1, 0.15) is 5.60 Å². The zero-order chi connectivity index (χ0) is 22.8. The van der Waals surface area contributed by atoms with Crippen molar-refractivity contribution in [2.75, 3.05) is 19.8 Å². The highest BCUT2D eigenvalue weighted by atomic mass is 16.8. The van der Waals surface area contributed by atoms with Gasteiger partial charge in [0, 0.05) is 17.8 Å². The van der Waals surface area contributed by atoms with Crippen molar-refractivity contribution in [2.24, 2.45) is 11.3 Å². The summed E-state index contributed by atoms with van der Waals surface area (Å²) < 4.78 is 31.7. The van der Waals surface area contributed by atoms with E-state index in [4.69, 9.17) is 23.7 Å². The molecular weight excluding hydrogens is 412 g/mol. The molecule has 32 heavy (non-hydrogen) atoms. The minimum atomic E-state index is -1.17. The van der Waals surface area contributed by atoms with Gasteiger partial charge in [0.05, 0.1) is 44.2 Å². The van der Waals surface area contributed by atoms with Crippen LogP contribution < -0.4 is 0 Å². The molecule has 2 N–H and O–H groups in total. The fourth-order valence-electron chi connectivity index (χ4n) is 6.89. The maximum Gasteiger partial charge on any atom is 0.176 e. The van der Waals surface area contributed by atoms with Gasteiger partial charge >= 0.3 is 0 Å². The van der Waals surface area contributed by atoms with Gasteiger partial charge in [-0.15, -0.1) is 0 Å². The van der Waals surface area contributed by atoms with E-state index in [9.17, 15) is 10.2 Å². The third-order valence-corrected chi connectivity index (χ3v) is 8.41. The minimum Gasteiger partial charge on any atom is -0.393 e. The summed E-state index contributed by atoms with van der Waals surface area (Å²) in [7, 11) is 0. The lowest BCUT2D eigenvalue weighted by molar-refractivity contribution is -0.359. The van der Waals surface area contributed by atoms with Gasteiger partial charge in [0.2, 0.25) is 0 Å². The smallest absolute Gasteiger partial charge is 0.176 e. The summed E-state index contributed by atoms with van der Waals surface area (Å²) in [4.78, 5) is 0. The van der Waals surface area contributed by atoms with Crippen LogP contribution in [0.15, 0.2) is 30.3 Å². The van der Waals surface area contributed by atoms with Crippen molar-refractivity contribution in [2.45, 2.75) is 88.5 Å². The van der Waals surface area contributed by atoms with Crippen LogP contribution in [0.2, 0.25) is 0 Å². The van der Waals surface area contributed by atoms with Gasteiger partial charge in [-0.05, 0) is 39.2 Å². The van der Waals surface area contributed by atoms with Crippen LogP contribution in [-0.4, -0.2) is 65.0 Å². The molecule has 0 bridgehead atoms. The van der Waals surface area contributed by atoms with E-state index in [1.165, 1.54) is 0 Å². The topological polar surface area (TPSA) is 86.6 Å². The molecule has 178 valence electrons. The van der Waals surface area contributed by atoms with E-state index >= 15 is 0 Å². The molecule has 0 unspecified atom stereocenters. The molecular formula is C25H36O7. The number of hydrogen-bond acceptors (Lipinski definition) is 7. The Bertz CT molecular complexity index is 838. The van der Waals surface area contributed by atoms with Gasteiger partial charge in [-0.1, -0.05) is 37.3 Å². The Labute approximate surface area is 189 Å². The van der Waals surface area contributed by atoms with Crippen LogP contribution in [0, 0.1) is 11.3 Å². The minimum absolute atomic E-state index is 0.149. The van der Waals surface area contributed by atoms with Crippen LogP contribution in [0.4, 0.5) is 0 Å². The maximum absolute atomic E-state index is 11.5. The van der Waals surface area contributed by atoms with Crippen molar-refractivity contribution in [3.8, 4) is 0 Å². The van der Waals surface area contributed by atoms with Gasteiger partial charge in [-0.25, -0.2) is 0 Å². The Morgan fingerprint density at radius 2 is 1.69 bits per heavy atom. The van der Waals surface area contributed by atoms with Crippen LogP contribution in [0.3, 0.4) is 0 Å². The van der Waals surface area contributed by atoms with Crippen LogP contribution in [-0.2, 0) is 30.3 Å². The van der Waals surface area contributed by atoms with Crippen molar-refractivity contribution in [3.05, 3.63) is 35.9 Å². The Hall–Kier alpha value is -1.06. The molecule has 7 heteroatoms. The lowest BCUT2D eigenvalue weighted by Gasteiger charge is -2.64. The number of hydrogen-bond donors (Lipinski definition) is 2. The number of rotatable bonds is 4. The molecule has 2 saturated carbocycles. The molecule has 7 nitrogen and oxygen atoms in total. The van der Waals surface area contributed by atoms with E-state index in [1.807, 2.05) is 44.2 Å². The van der Waals surface area contributed by atoms with E-state index in [0.29, 0.717) is 32.7 Å². The molecule has 2 saturated heterocycles. The fourth-order valence-corrected chi connectivity index (χ4v) is 6.89. The fraction of sp³-hybridized carbons (Fsp3) is 0.760. The zero-order valence-electron chi connectivity index (χ0n) is 19.5. The molecule has 1 aromatic carbocycles. The van der Waals surface area contributed by atoms with Gasteiger partial charge in [-0.2, -0.15) is 0 Å². The van der Waals surface area contributed by atoms with Crippen molar-refractivity contribution < 1.29 is 33.9 Å². The van der Waals surface area contributed by atoms with Crippen LogP contribution >= 0.6 is 0 Å². The van der Waals surface area contributed by atoms with E-state index in [2.05, 4.69) is 13.8 Å². The second-order valence-electron chi connectivity index (χ2n) is 10.9. The third kappa shape index (κ3) is 3.21. The standard InChI is InChI=1S/C25H36O7/c1-21(2)31-20-14-22(3)18(12-23(20,4)32-21)24(16-26,30-15-17-8-6-5-7-9-17)19(27)13-25(22)28-10-11-29-25/h5-9,18-20,26-27H,10-16H2,1-4H3/t18-,19-,20+,22+,23-,24-/m1/s1. The number of fused-ring (bicyclic) bond motifs is 3. The molecule has 0 amide bonds. The first-order chi connectivity index (χ1) is 15.1. The van der Waals surface area contributed by atoms with Crippen LogP contribution in [0.5, 0.6) is 0 Å². The largest absolute Gasteiger partial charge is 0.393 e. The molecule has 2 aliphatic heterocycles. The predicted molar refractivity (Wildman–Crippen MR) is 116 cm³/mol. The lowest BCUT2D eigenvalue weighted by atomic mass is 9.48. The lowest BCUT2D eigenvalue weighted by Crippen LogP contribution is -2.74. The molecule has 0 radical (unpaired) electrons. The second-order valence-corrected chi connectivity index (χ2v) is 10.9. The molecule has 6 atom stereocenters. The highest BCUT2D eigenvalue weighted by Crippen LogP contribution is 2.66. The zero-order valence-corrected chi connectivity index (χ0v) is 19.5. The Kier molecular flexibility index (Phi) is 5.30. The van der Waals surface area contributed by atoms with E-state index in [-0.39, 0.29) is 25.0 Å². The molecule has 0 aromatic heterocycles. The average molecular weight is 449 g/mol. The summed E-state index contributed by atoms with van der Waals surface area (Å²) in [5.41, 5.74) is -1.30. The Morgan fingerprint density at radius 3 is 2.34 bits per heavy atom. The summed E-state index contributed by atoms with van der Waals surface area (Å²) in [6.07, 6.45) is 0.314. The van der Waals surface area contributed by atoms with Crippen LogP contribution in [0.1, 0.15) is 52.5 Å².